The van der Waals surface area contributed by atoms with Crippen molar-refractivity contribution in [2.24, 2.45) is 17.0 Å². The van der Waals surface area contributed by atoms with Gasteiger partial charge < -0.3 is 0 Å². The predicted octanol–water partition coefficient (Wildman–Crippen LogP) is 4.93. The largest absolute Gasteiger partial charge is 0.0937 e. The number of rotatable bonds is 9. The van der Waals surface area contributed by atoms with Gasteiger partial charge in [0.05, 0.1) is 0 Å². The van der Waals surface area contributed by atoms with E-state index in [1.165, 1.54) is 32.1 Å². The molecule has 0 aliphatic rings. The van der Waals surface area contributed by atoms with Gasteiger partial charge >= 0.3 is 0 Å². The highest BCUT2D eigenvalue weighted by atomic mass is 15.1. The number of azide groups is 1. The molecule has 15 heavy (non-hydrogen) atoms. The molecule has 0 aliphatic heterocycles. The fourth-order valence-corrected chi connectivity index (χ4v) is 1.95. The fourth-order valence-electron chi connectivity index (χ4n) is 1.95. The predicted molar refractivity (Wildman–Crippen MR) is 65.7 cm³/mol. The lowest BCUT2D eigenvalue weighted by Gasteiger charge is -2.17. The Balaban J connectivity index is 3.69. The lowest BCUT2D eigenvalue weighted by Crippen LogP contribution is -2.08. The van der Waals surface area contributed by atoms with Gasteiger partial charge in [-0.15, -0.1) is 0 Å². The van der Waals surface area contributed by atoms with Gasteiger partial charge in [-0.2, -0.15) is 0 Å². The summed E-state index contributed by atoms with van der Waals surface area (Å²) in [5.74, 6) is 1.35. The van der Waals surface area contributed by atoms with Crippen LogP contribution in [0.1, 0.15) is 59.3 Å². The van der Waals surface area contributed by atoms with E-state index in [2.05, 4.69) is 30.8 Å². The van der Waals surface area contributed by atoms with Crippen LogP contribution in [-0.4, -0.2) is 6.54 Å². The van der Waals surface area contributed by atoms with E-state index in [0.29, 0.717) is 12.5 Å². The molecule has 0 aromatic heterocycles. The molecule has 0 unspecified atom stereocenters. The molecule has 2 atom stereocenters. The Kier molecular flexibility index (Phi) is 9.40. The van der Waals surface area contributed by atoms with Crippen molar-refractivity contribution in [1.82, 2.24) is 0 Å². The van der Waals surface area contributed by atoms with Crippen molar-refractivity contribution < 1.29 is 0 Å². The van der Waals surface area contributed by atoms with E-state index in [-0.39, 0.29) is 0 Å². The van der Waals surface area contributed by atoms with Gasteiger partial charge in [0.2, 0.25) is 0 Å². The Labute approximate surface area is 93.9 Å². The Bertz CT molecular complexity index is 185. The number of unbranched alkanes of at least 4 members (excludes halogenated alkanes) is 2. The Morgan fingerprint density at radius 3 is 2.53 bits per heavy atom. The fraction of sp³-hybridized carbons (Fsp3) is 1.00. The Morgan fingerprint density at radius 1 is 1.27 bits per heavy atom. The molecule has 0 saturated carbocycles. The number of hydrogen-bond acceptors (Lipinski definition) is 1. The van der Waals surface area contributed by atoms with Gasteiger partial charge in [0.15, 0.2) is 0 Å². The molecule has 0 saturated heterocycles. The van der Waals surface area contributed by atoms with E-state index in [9.17, 15) is 0 Å². The van der Waals surface area contributed by atoms with Gasteiger partial charge in [-0.05, 0) is 23.8 Å². The Morgan fingerprint density at radius 2 is 2.00 bits per heavy atom. The molecule has 0 bridgehead atoms. The number of nitrogens with zero attached hydrogens (tertiary/aromatic N) is 3. The summed E-state index contributed by atoms with van der Waals surface area (Å²) in [4.78, 5) is 2.83. The van der Waals surface area contributed by atoms with E-state index in [4.69, 9.17) is 5.53 Å². The third-order valence-electron chi connectivity index (χ3n) is 3.02. The summed E-state index contributed by atoms with van der Waals surface area (Å²) in [5.41, 5.74) is 8.28. The molecule has 0 aromatic rings. The maximum absolute atomic E-state index is 8.28. The van der Waals surface area contributed by atoms with Gasteiger partial charge in [-0.3, -0.25) is 0 Å². The monoisotopic (exact) mass is 211 g/mol. The standard InChI is InChI=1S/C12H25N3/c1-4-6-7-8-11(3)9-12(5-2)10-14-15-13/h11-12H,4-10H2,1-3H3/t11-,12+/m0/s1. The van der Waals surface area contributed by atoms with Crippen LogP contribution >= 0.6 is 0 Å². The summed E-state index contributed by atoms with van der Waals surface area (Å²) in [6.07, 6.45) is 7.63. The van der Waals surface area contributed by atoms with Crippen molar-refractivity contribution in [2.45, 2.75) is 59.3 Å². The molecule has 0 amide bonds. The quantitative estimate of drug-likeness (QED) is 0.225. The third-order valence-corrected chi connectivity index (χ3v) is 3.02. The second-order valence-electron chi connectivity index (χ2n) is 4.52. The summed E-state index contributed by atoms with van der Waals surface area (Å²) in [6.45, 7) is 7.40. The zero-order chi connectivity index (χ0) is 11.5. The van der Waals surface area contributed by atoms with Crippen LogP contribution in [0, 0.1) is 11.8 Å². The molecular weight excluding hydrogens is 186 g/mol. The zero-order valence-corrected chi connectivity index (χ0v) is 10.4. The van der Waals surface area contributed by atoms with Crippen molar-refractivity contribution in [3.05, 3.63) is 10.4 Å². The first kappa shape index (κ1) is 14.3. The van der Waals surface area contributed by atoms with E-state index < -0.39 is 0 Å². The maximum Gasteiger partial charge on any atom is 0.0286 e. The van der Waals surface area contributed by atoms with E-state index in [1.807, 2.05) is 0 Å². The molecule has 0 N–H and O–H groups in total. The minimum Gasteiger partial charge on any atom is -0.0937 e. The molecule has 0 aromatic carbocycles. The van der Waals surface area contributed by atoms with E-state index in [0.717, 1.165) is 12.3 Å². The third kappa shape index (κ3) is 8.31. The molecule has 0 aliphatic carbocycles. The van der Waals surface area contributed by atoms with Crippen molar-refractivity contribution in [2.75, 3.05) is 6.54 Å². The minimum atomic E-state index is 0.581. The average molecular weight is 211 g/mol. The van der Waals surface area contributed by atoms with Crippen LogP contribution in [0.15, 0.2) is 5.11 Å². The summed E-state index contributed by atoms with van der Waals surface area (Å²) in [7, 11) is 0. The van der Waals surface area contributed by atoms with Gasteiger partial charge in [-0.25, -0.2) is 0 Å². The first-order valence-corrected chi connectivity index (χ1v) is 6.25. The summed E-state index contributed by atoms with van der Waals surface area (Å²) < 4.78 is 0. The lowest BCUT2D eigenvalue weighted by molar-refractivity contribution is 0.362. The van der Waals surface area contributed by atoms with Crippen LogP contribution in [0.3, 0.4) is 0 Å². The van der Waals surface area contributed by atoms with Gasteiger partial charge in [0.25, 0.3) is 0 Å². The van der Waals surface area contributed by atoms with Crippen molar-refractivity contribution in [3.8, 4) is 0 Å². The van der Waals surface area contributed by atoms with Crippen molar-refractivity contribution in [1.29, 1.82) is 0 Å². The molecule has 88 valence electrons. The van der Waals surface area contributed by atoms with Crippen molar-refractivity contribution in [3.63, 3.8) is 0 Å². The Hall–Kier alpha value is -0.690. The minimum absolute atomic E-state index is 0.581. The van der Waals surface area contributed by atoms with Gasteiger partial charge in [0.1, 0.15) is 0 Å². The molecule has 3 nitrogen and oxygen atoms in total. The summed E-state index contributed by atoms with van der Waals surface area (Å²) in [6, 6.07) is 0. The van der Waals surface area contributed by atoms with Gasteiger partial charge in [-0.1, -0.05) is 58.0 Å². The van der Waals surface area contributed by atoms with Crippen LogP contribution in [-0.2, 0) is 0 Å². The zero-order valence-electron chi connectivity index (χ0n) is 10.4. The van der Waals surface area contributed by atoms with Crippen LogP contribution < -0.4 is 0 Å². The average Bonchev–Trinajstić information content (AvgIpc) is 2.24. The van der Waals surface area contributed by atoms with Crippen LogP contribution in [0.2, 0.25) is 0 Å². The molecule has 0 heterocycles. The SMILES string of the molecule is CCCCC[C@H](C)C[C@@H](CC)CN=[N+]=[N-]. The maximum atomic E-state index is 8.28. The summed E-state index contributed by atoms with van der Waals surface area (Å²) in [5, 5.41) is 3.67. The normalized spacial score (nSPS) is 14.3. The van der Waals surface area contributed by atoms with Crippen LogP contribution in [0.4, 0.5) is 0 Å². The molecule has 0 radical (unpaired) electrons. The molecule has 3 heteroatoms. The van der Waals surface area contributed by atoms with Crippen molar-refractivity contribution >= 4 is 0 Å². The van der Waals surface area contributed by atoms with Crippen LogP contribution in [0.5, 0.6) is 0 Å². The first-order valence-electron chi connectivity index (χ1n) is 6.25. The molecule has 0 fully saturated rings. The summed E-state index contributed by atoms with van der Waals surface area (Å²) >= 11 is 0. The first-order chi connectivity index (χ1) is 7.24. The second kappa shape index (κ2) is 9.85. The highest BCUT2D eigenvalue weighted by Gasteiger charge is 2.10. The molecular formula is C12H25N3. The van der Waals surface area contributed by atoms with E-state index in [1.54, 1.807) is 0 Å². The smallest absolute Gasteiger partial charge is 0.0286 e. The lowest BCUT2D eigenvalue weighted by atomic mass is 9.90. The molecule has 0 rings (SSSR count). The van der Waals surface area contributed by atoms with E-state index >= 15 is 0 Å². The highest BCUT2D eigenvalue weighted by Crippen LogP contribution is 2.20. The number of hydrogen-bond donors (Lipinski definition) is 0. The second-order valence-corrected chi connectivity index (χ2v) is 4.52. The highest BCUT2D eigenvalue weighted by molar-refractivity contribution is 4.65. The molecule has 0 spiro atoms. The topological polar surface area (TPSA) is 48.8 Å². The van der Waals surface area contributed by atoms with Crippen LogP contribution in [0.25, 0.3) is 10.4 Å². The van der Waals surface area contributed by atoms with Gasteiger partial charge in [0, 0.05) is 11.5 Å².